The molecule has 1 aliphatic heterocycles. The van der Waals surface area contributed by atoms with Crippen molar-refractivity contribution in [3.63, 3.8) is 0 Å². The van der Waals surface area contributed by atoms with Crippen LogP contribution in [0, 0.1) is 13.8 Å². The fourth-order valence-electron chi connectivity index (χ4n) is 4.05. The minimum absolute atomic E-state index is 0.125. The monoisotopic (exact) mass is 365 g/mol. The maximum atomic E-state index is 11.1. The Bertz CT molecular complexity index is 1040. The number of anilines is 1. The highest BCUT2D eigenvalue weighted by atomic mass is 16.7. The first-order chi connectivity index (χ1) is 13.0. The van der Waals surface area contributed by atoms with E-state index in [-0.39, 0.29) is 5.88 Å². The lowest BCUT2D eigenvalue weighted by atomic mass is 10.00. The smallest absolute Gasteiger partial charge is 0.449 e. The Kier molecular flexibility index (Phi) is 4.26. The van der Waals surface area contributed by atoms with Gasteiger partial charge < -0.3 is 19.3 Å². The molecule has 3 aromatic rings. The largest absolute Gasteiger partial charge is 0.512 e. The molecule has 0 bridgehead atoms. The molecular weight excluding hydrogens is 342 g/mol. The van der Waals surface area contributed by atoms with Crippen molar-refractivity contribution in [1.82, 2.24) is 9.55 Å². The molecule has 1 aliphatic rings. The first-order valence-electron chi connectivity index (χ1n) is 9.22. The molecule has 27 heavy (non-hydrogen) atoms. The summed E-state index contributed by atoms with van der Waals surface area (Å²) in [4.78, 5) is 17.9. The predicted molar refractivity (Wildman–Crippen MR) is 105 cm³/mol. The second-order valence-corrected chi connectivity index (χ2v) is 6.94. The summed E-state index contributed by atoms with van der Waals surface area (Å²) in [5.41, 5.74) is 5.99. The molecule has 4 rings (SSSR count). The molecule has 0 saturated carbocycles. The molecule has 0 unspecified atom stereocenters. The van der Waals surface area contributed by atoms with Gasteiger partial charge in [-0.25, -0.2) is 4.79 Å². The van der Waals surface area contributed by atoms with Crippen LogP contribution in [0.25, 0.3) is 10.9 Å². The highest BCUT2D eigenvalue weighted by molar-refractivity contribution is 5.95. The molecule has 2 aromatic heterocycles. The van der Waals surface area contributed by atoms with Gasteiger partial charge in [0.25, 0.3) is 0 Å². The van der Waals surface area contributed by atoms with Crippen LogP contribution in [0.4, 0.5) is 10.6 Å². The van der Waals surface area contributed by atoms with Crippen molar-refractivity contribution >= 4 is 22.9 Å². The van der Waals surface area contributed by atoms with Crippen LogP contribution in [0.2, 0.25) is 0 Å². The van der Waals surface area contributed by atoms with Crippen molar-refractivity contribution in [3.8, 4) is 5.88 Å². The zero-order chi connectivity index (χ0) is 19.1. The van der Waals surface area contributed by atoms with Crippen molar-refractivity contribution in [2.45, 2.75) is 40.3 Å². The number of nitrogens with zero attached hydrogens (tertiary/aromatic N) is 3. The number of pyridine rings is 1. The molecule has 0 saturated heterocycles. The lowest BCUT2D eigenvalue weighted by Gasteiger charge is -2.30. The summed E-state index contributed by atoms with van der Waals surface area (Å²) in [5, 5.41) is 10.1. The first-order valence-corrected chi connectivity index (χ1v) is 9.22. The third-order valence-corrected chi connectivity index (χ3v) is 5.51. The van der Waals surface area contributed by atoms with Gasteiger partial charge in [-0.05, 0) is 43.9 Å². The average molecular weight is 365 g/mol. The summed E-state index contributed by atoms with van der Waals surface area (Å²) in [7, 11) is 0. The molecule has 1 aromatic carbocycles. The molecule has 140 valence electrons. The molecule has 0 amide bonds. The summed E-state index contributed by atoms with van der Waals surface area (Å²) in [6.07, 6.45) is -0.408. The number of carboxylic acid groups (broad SMARTS) is 1. The molecule has 0 radical (unpaired) electrons. The fourth-order valence-corrected chi connectivity index (χ4v) is 4.05. The molecule has 6 heteroatoms. The van der Waals surface area contributed by atoms with Gasteiger partial charge in [-0.2, -0.15) is 4.98 Å². The third-order valence-electron chi connectivity index (χ3n) is 5.51. The minimum atomic E-state index is -1.35. The van der Waals surface area contributed by atoms with E-state index in [0.29, 0.717) is 0 Å². The van der Waals surface area contributed by atoms with Gasteiger partial charge in [-0.1, -0.05) is 24.3 Å². The lowest BCUT2D eigenvalue weighted by molar-refractivity contribution is 0.142. The van der Waals surface area contributed by atoms with Crippen LogP contribution >= 0.6 is 0 Å². The summed E-state index contributed by atoms with van der Waals surface area (Å²) in [6, 6.07) is 10.2. The number of hydrogen-bond acceptors (Lipinski definition) is 4. The summed E-state index contributed by atoms with van der Waals surface area (Å²) in [5.74, 6) is 0.913. The minimum Gasteiger partial charge on any atom is -0.449 e. The van der Waals surface area contributed by atoms with Crippen molar-refractivity contribution in [1.29, 1.82) is 0 Å². The van der Waals surface area contributed by atoms with Crippen LogP contribution < -0.4 is 9.64 Å². The number of hydrogen-bond donors (Lipinski definition) is 1. The number of aryl methyl sites for hydroxylation is 2. The molecule has 0 atom stereocenters. The number of fused-ring (bicyclic) bond motifs is 2. The Balaban J connectivity index is 1.90. The van der Waals surface area contributed by atoms with Crippen molar-refractivity contribution < 1.29 is 14.6 Å². The van der Waals surface area contributed by atoms with Gasteiger partial charge in [0.15, 0.2) is 5.82 Å². The fraction of sp³-hybridized carbons (Fsp3) is 0.333. The van der Waals surface area contributed by atoms with Gasteiger partial charge in [0.05, 0.1) is 5.52 Å². The predicted octanol–water partition coefficient (Wildman–Crippen LogP) is 4.29. The second kappa shape index (κ2) is 6.61. The van der Waals surface area contributed by atoms with E-state index in [1.807, 2.05) is 0 Å². The highest BCUT2D eigenvalue weighted by Gasteiger charge is 2.24. The van der Waals surface area contributed by atoms with Crippen molar-refractivity contribution in [3.05, 3.63) is 52.7 Å². The molecular formula is C21H23N3O3. The molecule has 3 heterocycles. The van der Waals surface area contributed by atoms with E-state index < -0.39 is 6.16 Å². The van der Waals surface area contributed by atoms with E-state index in [1.54, 1.807) is 6.07 Å². The lowest BCUT2D eigenvalue weighted by Crippen LogP contribution is -2.31. The van der Waals surface area contributed by atoms with Crippen LogP contribution in [0.15, 0.2) is 30.3 Å². The number of ether oxygens (including phenoxy) is 1. The highest BCUT2D eigenvalue weighted by Crippen LogP contribution is 2.36. The number of rotatable bonds is 3. The maximum absolute atomic E-state index is 11.1. The molecule has 0 fully saturated rings. The van der Waals surface area contributed by atoms with Gasteiger partial charge in [-0.3, -0.25) is 0 Å². The van der Waals surface area contributed by atoms with E-state index in [9.17, 15) is 4.79 Å². The molecule has 0 spiro atoms. The molecule has 0 aliphatic carbocycles. The van der Waals surface area contributed by atoms with Gasteiger partial charge >= 0.3 is 6.16 Å². The second-order valence-electron chi connectivity index (χ2n) is 6.94. The van der Waals surface area contributed by atoms with E-state index in [0.717, 1.165) is 48.3 Å². The Morgan fingerprint density at radius 3 is 2.70 bits per heavy atom. The quantitative estimate of drug-likeness (QED) is 0.701. The standard InChI is InChI=1S/C21H23N3O3/c1-4-24-14(3)13(2)17-11-18(27-21(25)26)22-20(19(17)24)23-10-9-15-7-5-6-8-16(15)12-23/h5-8,11H,4,9-10,12H2,1-3H3,(H,25,26). The Hall–Kier alpha value is -3.02. The van der Waals surface area contributed by atoms with Gasteiger partial charge in [0.2, 0.25) is 5.88 Å². The van der Waals surface area contributed by atoms with Crippen molar-refractivity contribution in [2.24, 2.45) is 0 Å². The van der Waals surface area contributed by atoms with Gasteiger partial charge in [0, 0.05) is 36.8 Å². The number of carbonyl (C=O) groups is 1. The van der Waals surface area contributed by atoms with Crippen molar-refractivity contribution in [2.75, 3.05) is 11.4 Å². The summed E-state index contributed by atoms with van der Waals surface area (Å²) >= 11 is 0. The topological polar surface area (TPSA) is 67.6 Å². The molecule has 1 N–H and O–H groups in total. The number of benzene rings is 1. The van der Waals surface area contributed by atoms with E-state index in [4.69, 9.17) is 9.84 Å². The van der Waals surface area contributed by atoms with Gasteiger partial charge in [-0.15, -0.1) is 0 Å². The Morgan fingerprint density at radius 1 is 1.26 bits per heavy atom. The van der Waals surface area contributed by atoms with E-state index >= 15 is 0 Å². The van der Waals surface area contributed by atoms with Crippen LogP contribution in [0.3, 0.4) is 0 Å². The number of aromatic nitrogens is 2. The summed E-state index contributed by atoms with van der Waals surface area (Å²) < 4.78 is 7.18. The zero-order valence-electron chi connectivity index (χ0n) is 15.8. The summed E-state index contributed by atoms with van der Waals surface area (Å²) in [6.45, 7) is 8.68. The van der Waals surface area contributed by atoms with Crippen LogP contribution in [0.5, 0.6) is 5.88 Å². The Morgan fingerprint density at radius 2 is 2.00 bits per heavy atom. The third kappa shape index (κ3) is 2.91. The van der Waals surface area contributed by atoms with E-state index in [1.165, 1.54) is 16.8 Å². The van der Waals surface area contributed by atoms with Gasteiger partial charge in [0.1, 0.15) is 0 Å². The normalized spacial score (nSPS) is 13.7. The maximum Gasteiger partial charge on any atom is 0.512 e. The Labute approximate surface area is 158 Å². The SMILES string of the molecule is CCn1c(C)c(C)c2cc(OC(=O)O)nc(N3CCc4ccccc4C3)c21. The van der Waals surface area contributed by atoms with Crippen LogP contribution in [0.1, 0.15) is 29.3 Å². The zero-order valence-corrected chi connectivity index (χ0v) is 15.8. The molecule has 6 nitrogen and oxygen atoms in total. The van der Waals surface area contributed by atoms with Crippen LogP contribution in [-0.2, 0) is 19.5 Å². The van der Waals surface area contributed by atoms with E-state index in [2.05, 4.69) is 59.5 Å². The first kappa shape index (κ1) is 17.4. The average Bonchev–Trinajstić information content (AvgIpc) is 2.91. The van der Waals surface area contributed by atoms with Crippen LogP contribution in [-0.4, -0.2) is 27.4 Å².